The molecule has 0 fully saturated rings. The predicted molar refractivity (Wildman–Crippen MR) is 107 cm³/mol. The Bertz CT molecular complexity index is 996. The Morgan fingerprint density at radius 3 is 2.64 bits per heavy atom. The van der Waals surface area contributed by atoms with Crippen molar-refractivity contribution in [1.29, 1.82) is 0 Å². The summed E-state index contributed by atoms with van der Waals surface area (Å²) in [5.74, 6) is -0.766. The van der Waals surface area contributed by atoms with Crippen LogP contribution in [0.3, 0.4) is 0 Å². The summed E-state index contributed by atoms with van der Waals surface area (Å²) < 4.78 is 19.2. The zero-order valence-electron chi connectivity index (χ0n) is 14.6. The number of thioether (sulfide) groups is 1. The lowest BCUT2D eigenvalue weighted by Crippen LogP contribution is -2.14. The van der Waals surface area contributed by atoms with Gasteiger partial charge in [0.15, 0.2) is 4.34 Å². The number of para-hydroxylation sites is 2. The second-order valence-corrected chi connectivity index (χ2v) is 7.54. The second kappa shape index (κ2) is 9.29. The number of nitrogens with zero attached hydrogens (tertiary/aromatic N) is 2. The molecule has 2 aromatic carbocycles. The van der Waals surface area contributed by atoms with E-state index in [9.17, 15) is 14.0 Å². The third-order valence-corrected chi connectivity index (χ3v) is 5.43. The SMILES string of the molecule is COc1ccccc1C(=O)Nc1nnc(SCC(=O)Nc2ccccc2F)s1. The predicted octanol–water partition coefficient (Wildman–Crippen LogP) is 3.67. The number of amides is 2. The van der Waals surface area contributed by atoms with E-state index in [0.717, 1.165) is 23.1 Å². The highest BCUT2D eigenvalue weighted by atomic mass is 32.2. The quantitative estimate of drug-likeness (QED) is 0.449. The van der Waals surface area contributed by atoms with Crippen LogP contribution in [0.5, 0.6) is 5.75 Å². The summed E-state index contributed by atoms with van der Waals surface area (Å²) in [6.07, 6.45) is 0. The minimum absolute atomic E-state index is 0.0312. The number of hydrogen-bond donors (Lipinski definition) is 2. The molecular formula is C18H15FN4O3S2. The molecule has 1 heterocycles. The molecule has 0 saturated carbocycles. The average Bonchev–Trinajstić information content (AvgIpc) is 3.15. The zero-order valence-corrected chi connectivity index (χ0v) is 16.3. The van der Waals surface area contributed by atoms with Gasteiger partial charge >= 0.3 is 0 Å². The number of carbonyl (C=O) groups excluding carboxylic acids is 2. The highest BCUT2D eigenvalue weighted by Crippen LogP contribution is 2.27. The maximum Gasteiger partial charge on any atom is 0.261 e. The largest absolute Gasteiger partial charge is 0.496 e. The van der Waals surface area contributed by atoms with Crippen LogP contribution in [-0.4, -0.2) is 34.9 Å². The second-order valence-electron chi connectivity index (χ2n) is 5.34. The van der Waals surface area contributed by atoms with E-state index in [2.05, 4.69) is 20.8 Å². The molecule has 0 bridgehead atoms. The molecule has 0 aliphatic rings. The molecule has 0 aliphatic carbocycles. The van der Waals surface area contributed by atoms with E-state index in [1.54, 1.807) is 36.4 Å². The number of nitrogens with one attached hydrogen (secondary N) is 2. The molecule has 3 aromatic rings. The molecule has 28 heavy (non-hydrogen) atoms. The summed E-state index contributed by atoms with van der Waals surface area (Å²) in [6, 6.07) is 12.7. The summed E-state index contributed by atoms with van der Waals surface area (Å²) in [6.45, 7) is 0. The molecule has 2 amide bonds. The molecule has 0 atom stereocenters. The Balaban J connectivity index is 1.55. The molecule has 2 N–H and O–H groups in total. The van der Waals surface area contributed by atoms with Gasteiger partial charge in [0, 0.05) is 0 Å². The van der Waals surface area contributed by atoms with Crippen molar-refractivity contribution in [3.05, 3.63) is 59.9 Å². The Labute approximate surface area is 168 Å². The Kier molecular flexibility index (Phi) is 6.56. The summed E-state index contributed by atoms with van der Waals surface area (Å²) in [4.78, 5) is 24.3. The van der Waals surface area contributed by atoms with E-state index < -0.39 is 5.82 Å². The van der Waals surface area contributed by atoms with Crippen LogP contribution in [0.15, 0.2) is 52.9 Å². The molecule has 7 nitrogen and oxygen atoms in total. The lowest BCUT2D eigenvalue weighted by Gasteiger charge is -2.06. The number of halogens is 1. The van der Waals surface area contributed by atoms with Crippen LogP contribution in [0.4, 0.5) is 15.2 Å². The summed E-state index contributed by atoms with van der Waals surface area (Å²) in [5.41, 5.74) is 0.494. The number of anilines is 2. The van der Waals surface area contributed by atoms with E-state index in [0.29, 0.717) is 20.8 Å². The van der Waals surface area contributed by atoms with Crippen LogP contribution in [0.2, 0.25) is 0 Å². The van der Waals surface area contributed by atoms with Gasteiger partial charge in [-0.3, -0.25) is 14.9 Å². The molecule has 3 rings (SSSR count). The van der Waals surface area contributed by atoms with Crippen LogP contribution in [0, 0.1) is 5.82 Å². The first-order valence-corrected chi connectivity index (χ1v) is 9.82. The van der Waals surface area contributed by atoms with E-state index in [1.165, 1.54) is 19.2 Å². The Morgan fingerprint density at radius 1 is 1.11 bits per heavy atom. The van der Waals surface area contributed by atoms with Gasteiger partial charge in [0.05, 0.1) is 24.1 Å². The fourth-order valence-corrected chi connectivity index (χ4v) is 3.74. The normalized spacial score (nSPS) is 10.4. The lowest BCUT2D eigenvalue weighted by molar-refractivity contribution is -0.113. The number of hydrogen-bond acceptors (Lipinski definition) is 7. The fourth-order valence-electron chi connectivity index (χ4n) is 2.19. The monoisotopic (exact) mass is 418 g/mol. The Hall–Kier alpha value is -2.98. The molecule has 144 valence electrons. The van der Waals surface area contributed by atoms with Crippen molar-refractivity contribution in [2.75, 3.05) is 23.5 Å². The van der Waals surface area contributed by atoms with Gasteiger partial charge < -0.3 is 10.1 Å². The third kappa shape index (κ3) is 5.05. The molecule has 1 aromatic heterocycles. The zero-order chi connectivity index (χ0) is 19.9. The van der Waals surface area contributed by atoms with Crippen LogP contribution in [0.1, 0.15) is 10.4 Å². The van der Waals surface area contributed by atoms with Gasteiger partial charge in [0.2, 0.25) is 11.0 Å². The van der Waals surface area contributed by atoms with Gasteiger partial charge in [-0.25, -0.2) is 4.39 Å². The smallest absolute Gasteiger partial charge is 0.261 e. The number of methoxy groups -OCH3 is 1. The van der Waals surface area contributed by atoms with Crippen LogP contribution in [0.25, 0.3) is 0 Å². The molecule has 10 heteroatoms. The standard InChI is InChI=1S/C18H15FN4O3S2/c1-26-14-9-5-2-6-11(14)16(25)21-17-22-23-18(28-17)27-10-15(24)20-13-8-4-3-7-12(13)19/h2-9H,10H2,1H3,(H,20,24)(H,21,22,25). The van der Waals surface area contributed by atoms with E-state index in [1.807, 2.05) is 0 Å². The molecule has 0 saturated heterocycles. The van der Waals surface area contributed by atoms with Crippen molar-refractivity contribution in [1.82, 2.24) is 10.2 Å². The lowest BCUT2D eigenvalue weighted by atomic mass is 10.2. The van der Waals surface area contributed by atoms with Crippen molar-refractivity contribution >= 4 is 45.7 Å². The third-order valence-electron chi connectivity index (χ3n) is 3.45. The average molecular weight is 418 g/mol. The van der Waals surface area contributed by atoms with Crippen molar-refractivity contribution in [3.8, 4) is 5.75 Å². The molecule has 0 unspecified atom stereocenters. The van der Waals surface area contributed by atoms with Gasteiger partial charge in [0.25, 0.3) is 5.91 Å². The molecular weight excluding hydrogens is 403 g/mol. The van der Waals surface area contributed by atoms with Crippen LogP contribution in [-0.2, 0) is 4.79 Å². The van der Waals surface area contributed by atoms with Crippen LogP contribution >= 0.6 is 23.1 Å². The fraction of sp³-hybridized carbons (Fsp3) is 0.111. The summed E-state index contributed by atoms with van der Waals surface area (Å²) in [5, 5.41) is 13.3. The van der Waals surface area contributed by atoms with Gasteiger partial charge in [-0.15, -0.1) is 10.2 Å². The van der Waals surface area contributed by atoms with Gasteiger partial charge in [-0.1, -0.05) is 47.4 Å². The molecule has 0 spiro atoms. The van der Waals surface area contributed by atoms with Gasteiger partial charge in [-0.2, -0.15) is 0 Å². The minimum Gasteiger partial charge on any atom is -0.496 e. The topological polar surface area (TPSA) is 93.2 Å². The van der Waals surface area contributed by atoms with Crippen molar-refractivity contribution in [2.24, 2.45) is 0 Å². The van der Waals surface area contributed by atoms with Crippen molar-refractivity contribution < 1.29 is 18.7 Å². The maximum absolute atomic E-state index is 13.5. The molecule has 0 aliphatic heterocycles. The maximum atomic E-state index is 13.5. The number of aromatic nitrogens is 2. The summed E-state index contributed by atoms with van der Waals surface area (Å²) in [7, 11) is 1.48. The summed E-state index contributed by atoms with van der Waals surface area (Å²) >= 11 is 2.27. The first-order valence-electron chi connectivity index (χ1n) is 8.02. The minimum atomic E-state index is -0.502. The number of ether oxygens (including phenoxy) is 1. The van der Waals surface area contributed by atoms with E-state index in [-0.39, 0.29) is 23.3 Å². The Morgan fingerprint density at radius 2 is 1.86 bits per heavy atom. The van der Waals surface area contributed by atoms with Gasteiger partial charge in [0.1, 0.15) is 11.6 Å². The molecule has 0 radical (unpaired) electrons. The van der Waals surface area contributed by atoms with Gasteiger partial charge in [-0.05, 0) is 24.3 Å². The van der Waals surface area contributed by atoms with Crippen molar-refractivity contribution in [3.63, 3.8) is 0 Å². The highest BCUT2D eigenvalue weighted by Gasteiger charge is 2.15. The number of carbonyl (C=O) groups is 2. The van der Waals surface area contributed by atoms with Crippen molar-refractivity contribution in [2.45, 2.75) is 4.34 Å². The van der Waals surface area contributed by atoms with E-state index >= 15 is 0 Å². The highest BCUT2D eigenvalue weighted by molar-refractivity contribution is 8.01. The van der Waals surface area contributed by atoms with Crippen LogP contribution < -0.4 is 15.4 Å². The first-order chi connectivity index (χ1) is 13.6. The number of rotatable bonds is 7. The van der Waals surface area contributed by atoms with E-state index in [4.69, 9.17) is 4.74 Å². The first kappa shape index (κ1) is 19.8. The number of benzene rings is 2.